The highest BCUT2D eigenvalue weighted by molar-refractivity contribution is 7.87. The highest BCUT2D eigenvalue weighted by atomic mass is 32.2. The van der Waals surface area contributed by atoms with Crippen LogP contribution < -0.4 is 4.18 Å². The number of rotatable bonds is 9. The second-order valence-corrected chi connectivity index (χ2v) is 8.38. The molecule has 134 valence electrons. The largest absolute Gasteiger partial charge is 0.382 e. The first-order chi connectivity index (χ1) is 12.0. The van der Waals surface area contributed by atoms with Crippen molar-refractivity contribution < 1.29 is 12.6 Å². The SMILES string of the molecule is C[C@H](C1CC1)N(CCS(=O)(=O)Oc1ccccc1)Cc1ccccc1. The highest BCUT2D eigenvalue weighted by Gasteiger charge is 2.32. The van der Waals surface area contributed by atoms with E-state index in [1.54, 1.807) is 24.3 Å². The molecule has 0 aliphatic heterocycles. The van der Waals surface area contributed by atoms with Gasteiger partial charge in [0, 0.05) is 19.1 Å². The summed E-state index contributed by atoms with van der Waals surface area (Å²) in [4.78, 5) is 2.26. The zero-order valence-corrected chi connectivity index (χ0v) is 15.4. The van der Waals surface area contributed by atoms with Crippen molar-refractivity contribution in [2.45, 2.75) is 32.4 Å². The van der Waals surface area contributed by atoms with Crippen LogP contribution in [0.15, 0.2) is 60.7 Å². The summed E-state index contributed by atoms with van der Waals surface area (Å²) in [6.45, 7) is 3.44. The molecule has 1 aliphatic carbocycles. The normalized spacial score (nSPS) is 15.9. The van der Waals surface area contributed by atoms with Crippen LogP contribution in [0.1, 0.15) is 25.3 Å². The minimum Gasteiger partial charge on any atom is -0.382 e. The molecule has 0 amide bonds. The second-order valence-electron chi connectivity index (χ2n) is 6.69. The Balaban J connectivity index is 1.63. The molecule has 0 aromatic heterocycles. The number of nitrogens with zero attached hydrogens (tertiary/aromatic N) is 1. The van der Waals surface area contributed by atoms with Crippen LogP contribution in [-0.4, -0.2) is 31.7 Å². The van der Waals surface area contributed by atoms with Gasteiger partial charge in [-0.3, -0.25) is 4.90 Å². The van der Waals surface area contributed by atoms with Crippen molar-refractivity contribution in [1.82, 2.24) is 4.90 Å². The highest BCUT2D eigenvalue weighted by Crippen LogP contribution is 2.35. The molecule has 4 nitrogen and oxygen atoms in total. The van der Waals surface area contributed by atoms with E-state index in [2.05, 4.69) is 24.0 Å². The molecule has 0 radical (unpaired) electrons. The quantitative estimate of drug-likeness (QED) is 0.641. The van der Waals surface area contributed by atoms with Gasteiger partial charge in [0.25, 0.3) is 0 Å². The second kappa shape index (κ2) is 8.02. The molecule has 5 heteroatoms. The Hall–Kier alpha value is -1.85. The van der Waals surface area contributed by atoms with Crippen LogP contribution in [0.4, 0.5) is 0 Å². The molecule has 0 spiro atoms. The summed E-state index contributed by atoms with van der Waals surface area (Å²) in [5.74, 6) is 1.04. The molecule has 0 N–H and O–H groups in total. The Kier molecular flexibility index (Phi) is 5.76. The third kappa shape index (κ3) is 5.58. The van der Waals surface area contributed by atoms with E-state index in [4.69, 9.17) is 4.18 Å². The Labute approximate surface area is 150 Å². The van der Waals surface area contributed by atoms with E-state index < -0.39 is 10.1 Å². The first-order valence-corrected chi connectivity index (χ1v) is 10.4. The summed E-state index contributed by atoms with van der Waals surface area (Å²) in [5, 5.41) is 0. The van der Waals surface area contributed by atoms with Gasteiger partial charge in [0.2, 0.25) is 0 Å². The Morgan fingerprint density at radius 2 is 1.64 bits per heavy atom. The van der Waals surface area contributed by atoms with Crippen LogP contribution in [0.5, 0.6) is 5.75 Å². The molecular formula is C20H25NO3S. The van der Waals surface area contributed by atoms with E-state index in [1.807, 2.05) is 24.3 Å². The fraction of sp³-hybridized carbons (Fsp3) is 0.400. The van der Waals surface area contributed by atoms with Gasteiger partial charge in [0.05, 0.1) is 5.75 Å². The summed E-state index contributed by atoms with van der Waals surface area (Å²) in [6, 6.07) is 19.3. The Morgan fingerprint density at radius 3 is 2.24 bits per heavy atom. The molecule has 1 fully saturated rings. The first-order valence-electron chi connectivity index (χ1n) is 8.79. The third-order valence-corrected chi connectivity index (χ3v) is 5.83. The molecule has 1 saturated carbocycles. The zero-order valence-electron chi connectivity index (χ0n) is 14.5. The first kappa shape index (κ1) is 18.0. The van der Waals surface area contributed by atoms with Gasteiger partial charge in [0.1, 0.15) is 5.75 Å². The van der Waals surface area contributed by atoms with Crippen LogP contribution in [0.2, 0.25) is 0 Å². The Morgan fingerprint density at radius 1 is 1.04 bits per heavy atom. The molecule has 0 saturated heterocycles. The van der Waals surface area contributed by atoms with Gasteiger partial charge >= 0.3 is 10.1 Å². The molecule has 0 bridgehead atoms. The van der Waals surface area contributed by atoms with Gasteiger partial charge < -0.3 is 4.18 Å². The maximum absolute atomic E-state index is 12.3. The molecule has 1 atom stereocenters. The van der Waals surface area contributed by atoms with E-state index in [0.717, 1.165) is 6.54 Å². The summed E-state index contributed by atoms with van der Waals surface area (Å²) in [5.41, 5.74) is 1.20. The lowest BCUT2D eigenvalue weighted by atomic mass is 10.1. The summed E-state index contributed by atoms with van der Waals surface area (Å²) in [7, 11) is -3.60. The van der Waals surface area contributed by atoms with Gasteiger partial charge in [-0.25, -0.2) is 0 Å². The number of hydrogen-bond donors (Lipinski definition) is 0. The molecule has 25 heavy (non-hydrogen) atoms. The lowest BCUT2D eigenvalue weighted by Crippen LogP contribution is -2.38. The third-order valence-electron chi connectivity index (χ3n) is 4.70. The van der Waals surface area contributed by atoms with Crippen molar-refractivity contribution in [3.63, 3.8) is 0 Å². The van der Waals surface area contributed by atoms with Crippen molar-refractivity contribution in [2.24, 2.45) is 5.92 Å². The van der Waals surface area contributed by atoms with Crippen molar-refractivity contribution >= 4 is 10.1 Å². The van der Waals surface area contributed by atoms with Crippen molar-refractivity contribution in [3.05, 3.63) is 66.2 Å². The molecule has 0 unspecified atom stereocenters. The van der Waals surface area contributed by atoms with E-state index in [0.29, 0.717) is 24.3 Å². The maximum atomic E-state index is 12.3. The summed E-state index contributed by atoms with van der Waals surface area (Å²) < 4.78 is 29.8. The van der Waals surface area contributed by atoms with Gasteiger partial charge in [0.15, 0.2) is 0 Å². The molecule has 2 aromatic rings. The van der Waals surface area contributed by atoms with Gasteiger partial charge in [-0.1, -0.05) is 48.5 Å². The average molecular weight is 359 g/mol. The van der Waals surface area contributed by atoms with E-state index in [1.165, 1.54) is 18.4 Å². The molecule has 3 rings (SSSR count). The van der Waals surface area contributed by atoms with Crippen molar-refractivity contribution in [1.29, 1.82) is 0 Å². The predicted molar refractivity (Wildman–Crippen MR) is 99.9 cm³/mol. The summed E-state index contributed by atoms with van der Waals surface area (Å²) in [6.07, 6.45) is 2.47. The van der Waals surface area contributed by atoms with E-state index in [-0.39, 0.29) is 5.75 Å². The minimum absolute atomic E-state index is 0.00815. The van der Waals surface area contributed by atoms with Crippen LogP contribution in [0.3, 0.4) is 0 Å². The minimum atomic E-state index is -3.60. The maximum Gasteiger partial charge on any atom is 0.310 e. The van der Waals surface area contributed by atoms with E-state index in [9.17, 15) is 8.42 Å². The monoisotopic (exact) mass is 359 g/mol. The van der Waals surface area contributed by atoms with Crippen molar-refractivity contribution in [2.75, 3.05) is 12.3 Å². The molecule has 2 aromatic carbocycles. The molecular weight excluding hydrogens is 334 g/mol. The Bertz CT molecular complexity index is 758. The fourth-order valence-electron chi connectivity index (χ4n) is 3.01. The van der Waals surface area contributed by atoms with Crippen molar-refractivity contribution in [3.8, 4) is 5.75 Å². The standard InChI is InChI=1S/C20H25NO3S/c1-17(19-12-13-19)21(16-18-8-4-2-5-9-18)14-15-25(22,23)24-20-10-6-3-7-11-20/h2-11,17,19H,12-16H2,1H3/t17-/m1/s1. The van der Waals surface area contributed by atoms with Crippen LogP contribution in [-0.2, 0) is 16.7 Å². The number of para-hydroxylation sites is 1. The average Bonchev–Trinajstić information content (AvgIpc) is 3.44. The van der Waals surface area contributed by atoms with Crippen LogP contribution in [0.25, 0.3) is 0 Å². The molecule has 1 aliphatic rings. The van der Waals surface area contributed by atoms with Crippen LogP contribution in [0, 0.1) is 5.92 Å². The van der Waals surface area contributed by atoms with Gasteiger partial charge in [-0.15, -0.1) is 0 Å². The van der Waals surface area contributed by atoms with Crippen LogP contribution >= 0.6 is 0 Å². The smallest absolute Gasteiger partial charge is 0.310 e. The lowest BCUT2D eigenvalue weighted by molar-refractivity contribution is 0.191. The topological polar surface area (TPSA) is 46.6 Å². The predicted octanol–water partition coefficient (Wildman–Crippen LogP) is 3.70. The number of benzene rings is 2. The fourth-order valence-corrected chi connectivity index (χ4v) is 3.96. The molecule has 0 heterocycles. The number of hydrogen-bond acceptors (Lipinski definition) is 4. The van der Waals surface area contributed by atoms with E-state index >= 15 is 0 Å². The lowest BCUT2D eigenvalue weighted by Gasteiger charge is -2.29. The zero-order chi connectivity index (χ0) is 17.7. The van der Waals surface area contributed by atoms with Gasteiger partial charge in [-0.05, 0) is 43.4 Å². The summed E-state index contributed by atoms with van der Waals surface area (Å²) >= 11 is 0. The van der Waals surface area contributed by atoms with Gasteiger partial charge in [-0.2, -0.15) is 8.42 Å².